The summed E-state index contributed by atoms with van der Waals surface area (Å²) in [5.74, 6) is -0.775. The molecular formula is C16H24F2N2O. The maximum atomic E-state index is 13.8. The average molecular weight is 298 g/mol. The minimum atomic E-state index is -0.408. The number of benzene rings is 1. The first kappa shape index (κ1) is 16.3. The van der Waals surface area contributed by atoms with E-state index in [4.69, 9.17) is 4.74 Å². The lowest BCUT2D eigenvalue weighted by molar-refractivity contribution is -0.0542. The maximum Gasteiger partial charge on any atom is 0.126 e. The van der Waals surface area contributed by atoms with Crippen LogP contribution in [0.2, 0.25) is 0 Å². The Morgan fingerprint density at radius 3 is 2.81 bits per heavy atom. The number of likely N-dealkylation sites (N-methyl/N-ethyl adjacent to an activating group) is 1. The molecule has 1 N–H and O–H groups in total. The van der Waals surface area contributed by atoms with Crippen LogP contribution in [0.5, 0.6) is 0 Å². The molecule has 1 heterocycles. The number of ether oxygens (including phenoxy) is 1. The van der Waals surface area contributed by atoms with Crippen LogP contribution in [0.3, 0.4) is 0 Å². The predicted octanol–water partition coefficient (Wildman–Crippen LogP) is 2.20. The van der Waals surface area contributed by atoms with Crippen molar-refractivity contribution < 1.29 is 13.5 Å². The molecule has 1 aliphatic heterocycles. The van der Waals surface area contributed by atoms with Crippen LogP contribution in [0.15, 0.2) is 18.2 Å². The summed E-state index contributed by atoms with van der Waals surface area (Å²) in [7, 11) is 1.83. The fourth-order valence-electron chi connectivity index (χ4n) is 2.76. The number of hydrogen-bond acceptors (Lipinski definition) is 3. The van der Waals surface area contributed by atoms with Crippen molar-refractivity contribution in [2.75, 3.05) is 26.7 Å². The Labute approximate surface area is 125 Å². The SMILES string of the molecule is CNC(Cc1cc(F)ccc1F)C1CN(C(C)C)CCO1. The summed E-state index contributed by atoms with van der Waals surface area (Å²) in [4.78, 5) is 2.35. The van der Waals surface area contributed by atoms with E-state index in [1.54, 1.807) is 0 Å². The van der Waals surface area contributed by atoms with Gasteiger partial charge in [0, 0.05) is 25.2 Å². The smallest absolute Gasteiger partial charge is 0.126 e. The van der Waals surface area contributed by atoms with Gasteiger partial charge in [-0.05, 0) is 51.1 Å². The summed E-state index contributed by atoms with van der Waals surface area (Å²) >= 11 is 0. The molecule has 21 heavy (non-hydrogen) atoms. The molecule has 3 nitrogen and oxygen atoms in total. The summed E-state index contributed by atoms with van der Waals surface area (Å²) in [6.45, 7) is 6.71. The largest absolute Gasteiger partial charge is 0.374 e. The van der Waals surface area contributed by atoms with Gasteiger partial charge in [-0.3, -0.25) is 4.90 Å². The van der Waals surface area contributed by atoms with E-state index in [9.17, 15) is 8.78 Å². The van der Waals surface area contributed by atoms with Crippen LogP contribution in [-0.4, -0.2) is 49.8 Å². The molecule has 1 aromatic rings. The van der Waals surface area contributed by atoms with Crippen LogP contribution in [0.4, 0.5) is 8.78 Å². The zero-order valence-electron chi connectivity index (χ0n) is 12.9. The summed E-state index contributed by atoms with van der Waals surface area (Å²) in [6.07, 6.45) is 0.394. The van der Waals surface area contributed by atoms with Gasteiger partial charge in [-0.15, -0.1) is 0 Å². The van der Waals surface area contributed by atoms with Crippen LogP contribution < -0.4 is 5.32 Å². The molecule has 1 saturated heterocycles. The number of nitrogens with one attached hydrogen (secondary N) is 1. The summed E-state index contributed by atoms with van der Waals surface area (Å²) in [5.41, 5.74) is 0.389. The third-order valence-electron chi connectivity index (χ3n) is 4.12. The predicted molar refractivity (Wildman–Crippen MR) is 79.4 cm³/mol. The van der Waals surface area contributed by atoms with Crippen molar-refractivity contribution in [3.05, 3.63) is 35.4 Å². The van der Waals surface area contributed by atoms with Gasteiger partial charge in [0.05, 0.1) is 12.7 Å². The number of hydrogen-bond donors (Lipinski definition) is 1. The molecule has 2 unspecified atom stereocenters. The molecule has 1 aromatic carbocycles. The average Bonchev–Trinajstić information content (AvgIpc) is 2.48. The second kappa shape index (κ2) is 7.29. The lowest BCUT2D eigenvalue weighted by atomic mass is 9.99. The Hall–Kier alpha value is -1.04. The van der Waals surface area contributed by atoms with Gasteiger partial charge in [0.2, 0.25) is 0 Å². The number of rotatable bonds is 5. The molecule has 0 bridgehead atoms. The van der Waals surface area contributed by atoms with Crippen molar-refractivity contribution in [2.24, 2.45) is 0 Å². The number of nitrogens with zero attached hydrogens (tertiary/aromatic N) is 1. The molecule has 0 amide bonds. The molecule has 0 spiro atoms. The van der Waals surface area contributed by atoms with E-state index in [1.807, 2.05) is 7.05 Å². The highest BCUT2D eigenvalue weighted by Crippen LogP contribution is 2.17. The van der Waals surface area contributed by atoms with E-state index in [0.717, 1.165) is 19.2 Å². The highest BCUT2D eigenvalue weighted by atomic mass is 19.1. The maximum absolute atomic E-state index is 13.8. The highest BCUT2D eigenvalue weighted by Gasteiger charge is 2.29. The summed E-state index contributed by atoms with van der Waals surface area (Å²) in [6, 6.07) is 4.01. The molecule has 2 rings (SSSR count). The zero-order valence-corrected chi connectivity index (χ0v) is 12.9. The van der Waals surface area contributed by atoms with E-state index in [0.29, 0.717) is 24.6 Å². The molecule has 0 saturated carbocycles. The molecule has 1 fully saturated rings. The van der Waals surface area contributed by atoms with Gasteiger partial charge in [-0.25, -0.2) is 8.78 Å². The number of halogens is 2. The van der Waals surface area contributed by atoms with E-state index in [1.165, 1.54) is 12.1 Å². The van der Waals surface area contributed by atoms with E-state index in [-0.39, 0.29) is 18.0 Å². The van der Waals surface area contributed by atoms with Gasteiger partial charge in [-0.2, -0.15) is 0 Å². The monoisotopic (exact) mass is 298 g/mol. The van der Waals surface area contributed by atoms with Crippen molar-refractivity contribution in [3.8, 4) is 0 Å². The highest BCUT2D eigenvalue weighted by molar-refractivity contribution is 5.20. The number of morpholine rings is 1. The van der Waals surface area contributed by atoms with Crippen LogP contribution in [0, 0.1) is 11.6 Å². The lowest BCUT2D eigenvalue weighted by Gasteiger charge is -2.39. The third kappa shape index (κ3) is 4.22. The molecule has 1 aliphatic rings. The minimum absolute atomic E-state index is 0.0196. The van der Waals surface area contributed by atoms with Crippen molar-refractivity contribution in [2.45, 2.75) is 38.5 Å². The molecule has 0 aromatic heterocycles. The van der Waals surface area contributed by atoms with Gasteiger partial charge < -0.3 is 10.1 Å². The Morgan fingerprint density at radius 2 is 2.14 bits per heavy atom. The third-order valence-corrected chi connectivity index (χ3v) is 4.12. The topological polar surface area (TPSA) is 24.5 Å². The Morgan fingerprint density at radius 1 is 1.38 bits per heavy atom. The van der Waals surface area contributed by atoms with Crippen LogP contribution in [-0.2, 0) is 11.2 Å². The van der Waals surface area contributed by atoms with Crippen molar-refractivity contribution in [1.82, 2.24) is 10.2 Å². The van der Waals surface area contributed by atoms with Gasteiger partial charge in [0.25, 0.3) is 0 Å². The van der Waals surface area contributed by atoms with Crippen LogP contribution >= 0.6 is 0 Å². The summed E-state index contributed by atoms with van der Waals surface area (Å²) < 4.78 is 32.9. The Kier molecular flexibility index (Phi) is 5.67. The normalized spacial score (nSPS) is 21.7. The van der Waals surface area contributed by atoms with E-state index < -0.39 is 5.82 Å². The first-order valence-electron chi connectivity index (χ1n) is 7.48. The van der Waals surface area contributed by atoms with Gasteiger partial charge in [0.1, 0.15) is 11.6 Å². The van der Waals surface area contributed by atoms with Gasteiger partial charge in [0.15, 0.2) is 0 Å². The standard InChI is InChI=1S/C16H24F2N2O/c1-11(2)20-6-7-21-16(10-20)15(19-3)9-12-8-13(17)4-5-14(12)18/h4-5,8,11,15-16,19H,6-7,9-10H2,1-3H3. The van der Waals surface area contributed by atoms with Gasteiger partial charge in [-0.1, -0.05) is 0 Å². The Bertz CT molecular complexity index is 468. The lowest BCUT2D eigenvalue weighted by Crippen LogP contribution is -2.53. The second-order valence-corrected chi connectivity index (χ2v) is 5.83. The molecule has 5 heteroatoms. The molecule has 2 atom stereocenters. The van der Waals surface area contributed by atoms with Crippen molar-refractivity contribution in [1.29, 1.82) is 0 Å². The molecule has 0 aliphatic carbocycles. The molecular weight excluding hydrogens is 274 g/mol. The molecule has 0 radical (unpaired) electrons. The summed E-state index contributed by atoms with van der Waals surface area (Å²) in [5, 5.41) is 3.19. The zero-order chi connectivity index (χ0) is 15.4. The fraction of sp³-hybridized carbons (Fsp3) is 0.625. The van der Waals surface area contributed by atoms with Crippen LogP contribution in [0.25, 0.3) is 0 Å². The second-order valence-electron chi connectivity index (χ2n) is 5.83. The van der Waals surface area contributed by atoms with Crippen LogP contribution in [0.1, 0.15) is 19.4 Å². The first-order valence-corrected chi connectivity index (χ1v) is 7.48. The fourth-order valence-corrected chi connectivity index (χ4v) is 2.76. The Balaban J connectivity index is 2.07. The minimum Gasteiger partial charge on any atom is -0.374 e. The quantitative estimate of drug-likeness (QED) is 0.902. The first-order chi connectivity index (χ1) is 10.0. The molecule has 118 valence electrons. The van der Waals surface area contributed by atoms with E-state index in [2.05, 4.69) is 24.1 Å². The van der Waals surface area contributed by atoms with E-state index >= 15 is 0 Å². The van der Waals surface area contributed by atoms with Crippen molar-refractivity contribution in [3.63, 3.8) is 0 Å². The van der Waals surface area contributed by atoms with Crippen molar-refractivity contribution >= 4 is 0 Å². The van der Waals surface area contributed by atoms with Gasteiger partial charge >= 0.3 is 0 Å².